The molecular formula is C16H17F3N2O2S. The summed E-state index contributed by atoms with van der Waals surface area (Å²) in [5, 5.41) is 8.51. The van der Waals surface area contributed by atoms with Crippen LogP contribution in [-0.2, 0) is 28.5 Å². The monoisotopic (exact) mass is 358 g/mol. The van der Waals surface area contributed by atoms with Crippen molar-refractivity contribution < 1.29 is 22.7 Å². The Balaban J connectivity index is 2.52. The van der Waals surface area contributed by atoms with Crippen molar-refractivity contribution in [3.05, 3.63) is 22.4 Å². The van der Waals surface area contributed by atoms with Crippen molar-refractivity contribution in [2.24, 2.45) is 0 Å². The lowest BCUT2D eigenvalue weighted by atomic mass is 9.90. The van der Waals surface area contributed by atoms with Crippen LogP contribution in [0.3, 0.4) is 0 Å². The third-order valence-electron chi connectivity index (χ3n) is 3.74. The first-order chi connectivity index (χ1) is 11.3. The molecule has 24 heavy (non-hydrogen) atoms. The van der Waals surface area contributed by atoms with Gasteiger partial charge in [0, 0.05) is 5.69 Å². The van der Waals surface area contributed by atoms with Crippen molar-refractivity contribution in [1.82, 2.24) is 4.98 Å². The number of fused-ring (bicyclic) bond motifs is 1. The molecule has 1 heterocycles. The Hall–Kier alpha value is -1.75. The summed E-state index contributed by atoms with van der Waals surface area (Å²) in [5.41, 5.74) is -0.887. The molecule has 1 unspecified atom stereocenters. The first-order valence-electron chi connectivity index (χ1n) is 7.65. The van der Waals surface area contributed by atoms with Gasteiger partial charge in [-0.2, -0.15) is 18.4 Å². The summed E-state index contributed by atoms with van der Waals surface area (Å²) in [7, 11) is 0. The number of hydrogen-bond donors (Lipinski definition) is 0. The number of nitriles is 1. The van der Waals surface area contributed by atoms with Gasteiger partial charge in [-0.25, -0.2) is 4.98 Å². The SMILES string of the molecule is CCOC(=O)C(C)Sc1nc2c(c(C(F)(F)F)c1C#N)CCCC2. The van der Waals surface area contributed by atoms with Crippen molar-refractivity contribution in [3.8, 4) is 6.07 Å². The van der Waals surface area contributed by atoms with Gasteiger partial charge < -0.3 is 4.74 Å². The lowest BCUT2D eigenvalue weighted by Gasteiger charge is -2.23. The van der Waals surface area contributed by atoms with Crippen LogP contribution in [-0.4, -0.2) is 22.8 Å². The second-order valence-corrected chi connectivity index (χ2v) is 6.75. The number of pyridine rings is 1. The molecule has 4 nitrogen and oxygen atoms in total. The number of carbonyl (C=O) groups excluding carboxylic acids is 1. The topological polar surface area (TPSA) is 63.0 Å². The van der Waals surface area contributed by atoms with Crippen LogP contribution in [0.4, 0.5) is 13.2 Å². The normalized spacial score (nSPS) is 15.3. The number of rotatable bonds is 4. The maximum absolute atomic E-state index is 13.5. The Kier molecular flexibility index (Phi) is 5.75. The smallest absolute Gasteiger partial charge is 0.418 e. The summed E-state index contributed by atoms with van der Waals surface area (Å²) in [6, 6.07) is 1.64. The van der Waals surface area contributed by atoms with E-state index in [9.17, 15) is 23.2 Å². The minimum Gasteiger partial charge on any atom is -0.465 e. The molecule has 130 valence electrons. The van der Waals surface area contributed by atoms with Crippen molar-refractivity contribution >= 4 is 17.7 Å². The molecule has 0 fully saturated rings. The van der Waals surface area contributed by atoms with Crippen LogP contribution in [0, 0.1) is 11.3 Å². The van der Waals surface area contributed by atoms with Crippen LogP contribution in [0.5, 0.6) is 0 Å². The van der Waals surface area contributed by atoms with Crippen molar-refractivity contribution in [3.63, 3.8) is 0 Å². The van der Waals surface area contributed by atoms with E-state index in [1.54, 1.807) is 13.0 Å². The van der Waals surface area contributed by atoms with E-state index in [0.29, 0.717) is 18.5 Å². The molecule has 1 aromatic rings. The number of esters is 1. The molecule has 1 aliphatic rings. The molecule has 1 aromatic heterocycles. The molecule has 0 radical (unpaired) electrons. The van der Waals surface area contributed by atoms with Crippen LogP contribution in [0.25, 0.3) is 0 Å². The lowest BCUT2D eigenvalue weighted by molar-refractivity contribution is -0.142. The van der Waals surface area contributed by atoms with Gasteiger partial charge in [0.2, 0.25) is 0 Å². The van der Waals surface area contributed by atoms with Crippen LogP contribution in [0.15, 0.2) is 5.03 Å². The number of ether oxygens (including phenoxy) is 1. The van der Waals surface area contributed by atoms with Gasteiger partial charge in [-0.15, -0.1) is 0 Å². The number of alkyl halides is 3. The van der Waals surface area contributed by atoms with E-state index in [2.05, 4.69) is 4.98 Å². The van der Waals surface area contributed by atoms with Gasteiger partial charge in [-0.1, -0.05) is 11.8 Å². The molecule has 0 spiro atoms. The zero-order valence-electron chi connectivity index (χ0n) is 13.4. The molecule has 8 heteroatoms. The Morgan fingerprint density at radius 2 is 2.08 bits per heavy atom. The van der Waals surface area contributed by atoms with Gasteiger partial charge in [-0.3, -0.25) is 4.79 Å². The van der Waals surface area contributed by atoms with Gasteiger partial charge in [0.25, 0.3) is 0 Å². The first-order valence-corrected chi connectivity index (χ1v) is 8.53. The van der Waals surface area contributed by atoms with Crippen LogP contribution >= 0.6 is 11.8 Å². The standard InChI is InChI=1S/C16H17F3N2O2S/c1-3-23-15(22)9(2)24-14-11(8-20)13(16(17,18)19)10-6-4-5-7-12(10)21-14/h9H,3-7H2,1-2H3. The highest BCUT2D eigenvalue weighted by molar-refractivity contribution is 8.00. The molecule has 2 rings (SSSR count). The zero-order valence-corrected chi connectivity index (χ0v) is 14.2. The third kappa shape index (κ3) is 3.83. The fraction of sp³-hybridized carbons (Fsp3) is 0.562. The van der Waals surface area contributed by atoms with E-state index in [1.165, 1.54) is 6.92 Å². The Morgan fingerprint density at radius 3 is 2.67 bits per heavy atom. The Bertz CT molecular complexity index is 683. The second kappa shape index (κ2) is 7.43. The average Bonchev–Trinajstić information content (AvgIpc) is 2.52. The van der Waals surface area contributed by atoms with Gasteiger partial charge in [0.05, 0.1) is 17.7 Å². The molecular weight excluding hydrogens is 341 g/mol. The maximum Gasteiger partial charge on any atom is 0.418 e. The zero-order chi connectivity index (χ0) is 17.9. The van der Waals surface area contributed by atoms with Crippen LogP contribution in [0.2, 0.25) is 0 Å². The third-order valence-corrected chi connectivity index (χ3v) is 4.81. The van der Waals surface area contributed by atoms with E-state index in [1.807, 2.05) is 0 Å². The maximum atomic E-state index is 13.5. The van der Waals surface area contributed by atoms with E-state index in [-0.39, 0.29) is 23.6 Å². The van der Waals surface area contributed by atoms with Gasteiger partial charge in [-0.05, 0) is 45.1 Å². The average molecular weight is 358 g/mol. The molecule has 1 atom stereocenters. The number of nitrogens with zero attached hydrogens (tertiary/aromatic N) is 2. The summed E-state index contributed by atoms with van der Waals surface area (Å²) < 4.78 is 45.5. The minimum atomic E-state index is -4.63. The summed E-state index contributed by atoms with van der Waals surface area (Å²) in [6.07, 6.45) is -2.50. The largest absolute Gasteiger partial charge is 0.465 e. The van der Waals surface area contributed by atoms with Crippen molar-refractivity contribution in [2.45, 2.75) is 56.0 Å². The number of halogens is 3. The first kappa shape index (κ1) is 18.6. The molecule has 0 aliphatic heterocycles. The Morgan fingerprint density at radius 1 is 1.42 bits per heavy atom. The fourth-order valence-corrected chi connectivity index (χ4v) is 3.62. The molecule has 0 saturated carbocycles. The highest BCUT2D eigenvalue weighted by Gasteiger charge is 2.40. The van der Waals surface area contributed by atoms with E-state index in [0.717, 1.165) is 18.2 Å². The van der Waals surface area contributed by atoms with Crippen molar-refractivity contribution in [1.29, 1.82) is 5.26 Å². The summed E-state index contributed by atoms with van der Waals surface area (Å²) in [4.78, 5) is 16.0. The summed E-state index contributed by atoms with van der Waals surface area (Å²) in [6.45, 7) is 3.35. The number of carbonyl (C=O) groups is 1. The highest BCUT2D eigenvalue weighted by Crippen LogP contribution is 2.41. The number of hydrogen-bond acceptors (Lipinski definition) is 5. The van der Waals surface area contributed by atoms with Crippen LogP contribution in [0.1, 0.15) is 49.1 Å². The number of aromatic nitrogens is 1. The van der Waals surface area contributed by atoms with Gasteiger partial charge in [0.1, 0.15) is 16.3 Å². The van der Waals surface area contributed by atoms with Crippen LogP contribution < -0.4 is 0 Å². The number of aryl methyl sites for hydroxylation is 1. The predicted octanol–water partition coefficient (Wildman–Crippen LogP) is 3.89. The predicted molar refractivity (Wildman–Crippen MR) is 82.5 cm³/mol. The quantitative estimate of drug-likeness (QED) is 0.603. The van der Waals surface area contributed by atoms with E-state index < -0.39 is 28.5 Å². The van der Waals surface area contributed by atoms with E-state index >= 15 is 0 Å². The molecule has 0 saturated heterocycles. The van der Waals surface area contributed by atoms with Gasteiger partial charge in [0.15, 0.2) is 0 Å². The molecule has 0 aromatic carbocycles. The number of thioether (sulfide) groups is 1. The van der Waals surface area contributed by atoms with E-state index in [4.69, 9.17) is 4.74 Å². The van der Waals surface area contributed by atoms with Crippen molar-refractivity contribution in [2.75, 3.05) is 6.61 Å². The fourth-order valence-electron chi connectivity index (χ4n) is 2.70. The molecule has 1 aliphatic carbocycles. The highest BCUT2D eigenvalue weighted by atomic mass is 32.2. The minimum absolute atomic E-state index is 0.0500. The summed E-state index contributed by atoms with van der Waals surface area (Å²) >= 11 is 0.838. The molecule has 0 amide bonds. The summed E-state index contributed by atoms with van der Waals surface area (Å²) in [5.74, 6) is -0.542. The molecule has 0 bridgehead atoms. The Labute approximate surface area is 142 Å². The second-order valence-electron chi connectivity index (χ2n) is 5.42. The molecule has 0 N–H and O–H groups in total. The van der Waals surface area contributed by atoms with Gasteiger partial charge >= 0.3 is 12.1 Å². The lowest BCUT2D eigenvalue weighted by Crippen LogP contribution is -2.21.